The van der Waals surface area contributed by atoms with E-state index in [1.165, 1.54) is 20.2 Å². The van der Waals surface area contributed by atoms with Crippen LogP contribution in [0.15, 0.2) is 35.3 Å². The van der Waals surface area contributed by atoms with Crippen LogP contribution in [0.2, 0.25) is 0 Å². The summed E-state index contributed by atoms with van der Waals surface area (Å²) in [5.74, 6) is -1.18. The molecule has 0 radical (unpaired) electrons. The van der Waals surface area contributed by atoms with Crippen LogP contribution in [-0.2, 0) is 16.1 Å². The van der Waals surface area contributed by atoms with Crippen molar-refractivity contribution in [1.82, 2.24) is 0 Å². The van der Waals surface area contributed by atoms with Crippen molar-refractivity contribution in [2.75, 3.05) is 7.11 Å². The molecule has 0 amide bonds. The largest absolute Gasteiger partial charge is 0.468 e. The maximum Gasteiger partial charge on any atom is 0.316 e. The summed E-state index contributed by atoms with van der Waals surface area (Å²) in [4.78, 5) is 15.5. The van der Waals surface area contributed by atoms with Crippen molar-refractivity contribution in [2.24, 2.45) is 10.9 Å². The van der Waals surface area contributed by atoms with Gasteiger partial charge in [0, 0.05) is 6.21 Å². The van der Waals surface area contributed by atoms with E-state index in [-0.39, 0.29) is 0 Å². The molecule has 0 aromatic heterocycles. The monoisotopic (exact) mass is 235 g/mol. The van der Waals surface area contributed by atoms with Crippen LogP contribution in [0.25, 0.3) is 0 Å². The molecule has 0 heterocycles. The summed E-state index contributed by atoms with van der Waals surface area (Å²) in [5, 5.41) is 9.42. The number of carbonyl (C=O) groups excluding carboxylic acids is 1. The van der Waals surface area contributed by atoms with Gasteiger partial charge < -0.3 is 9.84 Å². The van der Waals surface area contributed by atoms with Gasteiger partial charge in [0.2, 0.25) is 0 Å². The molecule has 2 atom stereocenters. The van der Waals surface area contributed by atoms with Gasteiger partial charge in [0.05, 0.1) is 19.8 Å². The van der Waals surface area contributed by atoms with Crippen LogP contribution < -0.4 is 0 Å². The van der Waals surface area contributed by atoms with E-state index < -0.39 is 18.0 Å². The lowest BCUT2D eigenvalue weighted by Gasteiger charge is -2.12. The minimum Gasteiger partial charge on any atom is -0.468 e. The molecule has 0 aliphatic carbocycles. The fourth-order valence-electron chi connectivity index (χ4n) is 1.37. The number of hydrogen-bond acceptors (Lipinski definition) is 4. The smallest absolute Gasteiger partial charge is 0.316 e. The van der Waals surface area contributed by atoms with Crippen LogP contribution >= 0.6 is 0 Å². The molecule has 92 valence electrons. The second-order valence-corrected chi connectivity index (χ2v) is 3.76. The van der Waals surface area contributed by atoms with Crippen molar-refractivity contribution in [3.8, 4) is 0 Å². The van der Waals surface area contributed by atoms with Crippen molar-refractivity contribution in [2.45, 2.75) is 19.6 Å². The van der Waals surface area contributed by atoms with Gasteiger partial charge in [-0.1, -0.05) is 30.3 Å². The van der Waals surface area contributed by atoms with Crippen LogP contribution in [0.5, 0.6) is 0 Å². The van der Waals surface area contributed by atoms with Crippen molar-refractivity contribution in [3.05, 3.63) is 35.9 Å². The Bertz CT molecular complexity index is 374. The number of aliphatic hydroxyl groups is 1. The minimum atomic E-state index is -0.804. The van der Waals surface area contributed by atoms with Crippen molar-refractivity contribution < 1.29 is 14.6 Å². The van der Waals surface area contributed by atoms with Crippen LogP contribution in [0.1, 0.15) is 12.5 Å². The van der Waals surface area contributed by atoms with Crippen LogP contribution in [0.4, 0.5) is 0 Å². The van der Waals surface area contributed by atoms with Gasteiger partial charge in [0.25, 0.3) is 0 Å². The molecule has 0 saturated carbocycles. The molecule has 0 aliphatic heterocycles. The van der Waals surface area contributed by atoms with Crippen LogP contribution in [0.3, 0.4) is 0 Å². The van der Waals surface area contributed by atoms with E-state index in [1.54, 1.807) is 0 Å². The van der Waals surface area contributed by atoms with E-state index in [9.17, 15) is 9.90 Å². The molecule has 0 aliphatic rings. The number of aliphatic hydroxyl groups excluding tert-OH is 1. The molecule has 0 bridgehead atoms. The molecule has 0 fully saturated rings. The maximum atomic E-state index is 11.3. The van der Waals surface area contributed by atoms with Gasteiger partial charge >= 0.3 is 5.97 Å². The summed E-state index contributed by atoms with van der Waals surface area (Å²) in [6.45, 7) is 2.02. The third kappa shape index (κ3) is 4.36. The number of ether oxygens (including phenoxy) is 1. The van der Waals surface area contributed by atoms with E-state index >= 15 is 0 Å². The van der Waals surface area contributed by atoms with Gasteiger partial charge in [0.1, 0.15) is 5.92 Å². The standard InChI is InChI=1S/C13H17NO3/c1-10(15)12(13(16)17-2)9-14-8-11-6-4-3-5-7-11/h3-7,9-10,12,15H,8H2,1-2H3/t10-,12+/m0/s1. The highest BCUT2D eigenvalue weighted by Crippen LogP contribution is 2.05. The lowest BCUT2D eigenvalue weighted by Crippen LogP contribution is -2.28. The van der Waals surface area contributed by atoms with Gasteiger partial charge in [0.15, 0.2) is 0 Å². The summed E-state index contributed by atoms with van der Waals surface area (Å²) in [5.41, 5.74) is 1.05. The Morgan fingerprint density at radius 2 is 2.12 bits per heavy atom. The van der Waals surface area contributed by atoms with Crippen LogP contribution in [-0.4, -0.2) is 30.5 Å². The molecule has 4 nitrogen and oxygen atoms in total. The third-order valence-electron chi connectivity index (χ3n) is 2.38. The van der Waals surface area contributed by atoms with E-state index in [1.807, 2.05) is 30.3 Å². The van der Waals surface area contributed by atoms with Gasteiger partial charge in [-0.25, -0.2) is 0 Å². The number of benzene rings is 1. The lowest BCUT2D eigenvalue weighted by molar-refractivity contribution is -0.145. The molecule has 1 rings (SSSR count). The normalized spacial score (nSPS) is 14.5. The number of nitrogens with zero attached hydrogens (tertiary/aromatic N) is 1. The van der Waals surface area contributed by atoms with E-state index in [2.05, 4.69) is 9.73 Å². The van der Waals surface area contributed by atoms with E-state index in [0.717, 1.165) is 5.56 Å². The summed E-state index contributed by atoms with van der Waals surface area (Å²) >= 11 is 0. The Morgan fingerprint density at radius 3 is 2.65 bits per heavy atom. The Morgan fingerprint density at radius 1 is 1.47 bits per heavy atom. The molecule has 0 saturated heterocycles. The molecule has 0 unspecified atom stereocenters. The summed E-state index contributed by atoms with van der Waals surface area (Å²) < 4.78 is 4.59. The highest BCUT2D eigenvalue weighted by Gasteiger charge is 2.21. The number of methoxy groups -OCH3 is 1. The SMILES string of the molecule is COC(=O)[C@H](C=NCc1ccccc1)[C@H](C)O. The fraction of sp³-hybridized carbons (Fsp3) is 0.385. The Hall–Kier alpha value is -1.68. The molecular formula is C13H17NO3. The zero-order chi connectivity index (χ0) is 12.7. The number of carbonyl (C=O) groups is 1. The molecule has 4 heteroatoms. The zero-order valence-corrected chi connectivity index (χ0v) is 10.0. The molecule has 1 aromatic carbocycles. The first-order valence-electron chi connectivity index (χ1n) is 5.45. The Labute approximate surface area is 101 Å². The number of rotatable bonds is 5. The van der Waals surface area contributed by atoms with Gasteiger partial charge in [-0.15, -0.1) is 0 Å². The molecule has 17 heavy (non-hydrogen) atoms. The van der Waals surface area contributed by atoms with Crippen molar-refractivity contribution >= 4 is 12.2 Å². The number of hydrogen-bond donors (Lipinski definition) is 1. The third-order valence-corrected chi connectivity index (χ3v) is 2.38. The first-order chi connectivity index (χ1) is 8.15. The van der Waals surface area contributed by atoms with Crippen molar-refractivity contribution in [3.63, 3.8) is 0 Å². The van der Waals surface area contributed by atoms with Gasteiger partial charge in [-0.2, -0.15) is 0 Å². The summed E-state index contributed by atoms with van der Waals surface area (Å²) in [7, 11) is 1.29. The number of aliphatic imine (C=N–C) groups is 1. The summed E-state index contributed by atoms with van der Waals surface area (Å²) in [6.07, 6.45) is 0.644. The first kappa shape index (κ1) is 13.4. The Kier molecular flexibility index (Phi) is 5.36. The molecular weight excluding hydrogens is 218 g/mol. The highest BCUT2D eigenvalue weighted by atomic mass is 16.5. The quantitative estimate of drug-likeness (QED) is 0.620. The van der Waals surface area contributed by atoms with Crippen molar-refractivity contribution in [1.29, 1.82) is 0 Å². The Balaban J connectivity index is 2.59. The molecule has 1 N–H and O–H groups in total. The highest BCUT2D eigenvalue weighted by molar-refractivity contribution is 5.90. The zero-order valence-electron chi connectivity index (χ0n) is 10.0. The predicted octanol–water partition coefficient (Wildman–Crippen LogP) is 1.43. The molecule has 0 spiro atoms. The minimum absolute atomic E-state index is 0.475. The van der Waals surface area contributed by atoms with E-state index in [0.29, 0.717) is 6.54 Å². The lowest BCUT2D eigenvalue weighted by atomic mass is 10.1. The van der Waals surface area contributed by atoms with Crippen LogP contribution in [0, 0.1) is 5.92 Å². The fourth-order valence-corrected chi connectivity index (χ4v) is 1.37. The maximum absolute atomic E-state index is 11.3. The predicted molar refractivity (Wildman–Crippen MR) is 65.8 cm³/mol. The topological polar surface area (TPSA) is 58.9 Å². The average molecular weight is 235 g/mol. The first-order valence-corrected chi connectivity index (χ1v) is 5.45. The number of esters is 1. The second-order valence-electron chi connectivity index (χ2n) is 3.76. The summed E-state index contributed by atoms with van der Waals surface area (Å²) in [6, 6.07) is 9.69. The van der Waals surface area contributed by atoms with E-state index in [4.69, 9.17) is 0 Å². The average Bonchev–Trinajstić information content (AvgIpc) is 2.34. The van der Waals surface area contributed by atoms with Gasteiger partial charge in [-0.05, 0) is 12.5 Å². The van der Waals surface area contributed by atoms with Gasteiger partial charge in [-0.3, -0.25) is 9.79 Å². The molecule has 1 aromatic rings. The second kappa shape index (κ2) is 6.81.